The molecule has 0 fully saturated rings. The van der Waals surface area contributed by atoms with Crippen LogP contribution >= 0.6 is 0 Å². The summed E-state index contributed by atoms with van der Waals surface area (Å²) < 4.78 is 0. The molecule has 0 unspecified atom stereocenters. The second-order valence-corrected chi connectivity index (χ2v) is 2.43. The van der Waals surface area contributed by atoms with Gasteiger partial charge in [-0.05, 0) is 6.92 Å². The molecular weight excluding hydrogens is 156 g/mol. The van der Waals surface area contributed by atoms with Gasteiger partial charge in [-0.1, -0.05) is 6.92 Å². The molecule has 3 N–H and O–H groups in total. The Morgan fingerprint density at radius 1 is 1.83 bits per heavy atom. The van der Waals surface area contributed by atoms with Crippen LogP contribution in [0.15, 0.2) is 11.2 Å². The van der Waals surface area contributed by atoms with Gasteiger partial charge in [-0.15, -0.1) is 0 Å². The van der Waals surface area contributed by atoms with Crippen molar-refractivity contribution < 1.29 is 5.21 Å². The summed E-state index contributed by atoms with van der Waals surface area (Å²) in [7, 11) is 0. The standard InChI is InChI=1S/C7H12N4O/c1-3-6(11-12)9-7-5(2)4-8-10-7/h4,12H,3H2,1-2H3,(H2,8,9,10,11). The third kappa shape index (κ3) is 1.82. The van der Waals surface area contributed by atoms with Crippen LogP contribution in [0.5, 0.6) is 0 Å². The number of H-pyrrole nitrogens is 1. The van der Waals surface area contributed by atoms with Crippen molar-refractivity contribution in [2.45, 2.75) is 20.3 Å². The van der Waals surface area contributed by atoms with Gasteiger partial charge in [-0.25, -0.2) is 4.99 Å². The van der Waals surface area contributed by atoms with Crippen molar-refractivity contribution in [1.82, 2.24) is 15.7 Å². The molecule has 0 spiro atoms. The average molecular weight is 168 g/mol. The normalized spacial score (nSPS) is 11.8. The van der Waals surface area contributed by atoms with Crippen molar-refractivity contribution in [3.8, 4) is 0 Å². The first-order chi connectivity index (χ1) is 5.77. The minimum absolute atomic E-state index is 0.516. The van der Waals surface area contributed by atoms with E-state index in [1.807, 2.05) is 19.3 Å². The van der Waals surface area contributed by atoms with E-state index in [4.69, 9.17) is 5.21 Å². The van der Waals surface area contributed by atoms with Crippen molar-refractivity contribution in [3.05, 3.63) is 11.8 Å². The van der Waals surface area contributed by atoms with Crippen LogP contribution in [-0.2, 0) is 0 Å². The summed E-state index contributed by atoms with van der Waals surface area (Å²) in [5.41, 5.74) is 2.97. The molecule has 0 saturated carbocycles. The summed E-state index contributed by atoms with van der Waals surface area (Å²) in [4.78, 5) is 4.09. The van der Waals surface area contributed by atoms with Crippen LogP contribution in [0.3, 0.4) is 0 Å². The Kier molecular flexibility index (Phi) is 2.82. The van der Waals surface area contributed by atoms with Crippen molar-refractivity contribution in [1.29, 1.82) is 0 Å². The Hall–Kier alpha value is -1.36. The average Bonchev–Trinajstić information content (AvgIpc) is 2.47. The monoisotopic (exact) mass is 168 g/mol. The number of hydroxylamine groups is 1. The molecule has 0 aliphatic heterocycles. The maximum atomic E-state index is 8.60. The van der Waals surface area contributed by atoms with E-state index < -0.39 is 0 Å². The third-order valence-corrected chi connectivity index (χ3v) is 1.51. The number of rotatable bonds is 2. The summed E-state index contributed by atoms with van der Waals surface area (Å²) in [5.74, 6) is 1.19. The fourth-order valence-corrected chi connectivity index (χ4v) is 0.771. The van der Waals surface area contributed by atoms with E-state index in [1.165, 1.54) is 0 Å². The van der Waals surface area contributed by atoms with Gasteiger partial charge in [-0.2, -0.15) is 5.10 Å². The van der Waals surface area contributed by atoms with Crippen LogP contribution in [0.1, 0.15) is 18.9 Å². The van der Waals surface area contributed by atoms with E-state index in [2.05, 4.69) is 15.2 Å². The van der Waals surface area contributed by atoms with Crippen molar-refractivity contribution in [2.24, 2.45) is 4.99 Å². The van der Waals surface area contributed by atoms with Gasteiger partial charge in [0, 0.05) is 12.0 Å². The van der Waals surface area contributed by atoms with E-state index in [0.29, 0.717) is 18.1 Å². The van der Waals surface area contributed by atoms with Gasteiger partial charge in [0.2, 0.25) is 0 Å². The Morgan fingerprint density at radius 2 is 2.58 bits per heavy atom. The number of nitrogens with one attached hydrogen (secondary N) is 2. The number of aryl methyl sites for hydroxylation is 1. The third-order valence-electron chi connectivity index (χ3n) is 1.51. The molecule has 0 amide bonds. The quantitative estimate of drug-likeness (QED) is 0.352. The second-order valence-electron chi connectivity index (χ2n) is 2.43. The van der Waals surface area contributed by atoms with Gasteiger partial charge in [0.1, 0.15) is 5.84 Å². The number of hydrogen-bond donors (Lipinski definition) is 3. The largest absolute Gasteiger partial charge is 0.290 e. The smallest absolute Gasteiger partial charge is 0.152 e. The lowest BCUT2D eigenvalue weighted by Gasteiger charge is -1.98. The van der Waals surface area contributed by atoms with E-state index in [-0.39, 0.29) is 0 Å². The summed E-state index contributed by atoms with van der Waals surface area (Å²) in [6.45, 7) is 3.79. The first-order valence-corrected chi connectivity index (χ1v) is 3.75. The van der Waals surface area contributed by atoms with E-state index in [9.17, 15) is 0 Å². The number of hydrogen-bond acceptors (Lipinski definition) is 3. The molecule has 0 radical (unpaired) electrons. The summed E-state index contributed by atoms with van der Waals surface area (Å²) in [6, 6.07) is 0. The fraction of sp³-hybridized carbons (Fsp3) is 0.429. The van der Waals surface area contributed by atoms with Crippen molar-refractivity contribution >= 4 is 11.7 Å². The highest BCUT2D eigenvalue weighted by molar-refractivity contribution is 5.83. The van der Waals surface area contributed by atoms with Crippen LogP contribution in [0.4, 0.5) is 5.82 Å². The zero-order valence-corrected chi connectivity index (χ0v) is 7.13. The molecule has 1 aromatic heterocycles. The minimum atomic E-state index is 0.516. The predicted molar refractivity (Wildman–Crippen MR) is 45.6 cm³/mol. The van der Waals surface area contributed by atoms with Crippen LogP contribution < -0.4 is 5.48 Å². The zero-order valence-electron chi connectivity index (χ0n) is 7.13. The fourth-order valence-electron chi connectivity index (χ4n) is 0.771. The van der Waals surface area contributed by atoms with Gasteiger partial charge in [-0.3, -0.25) is 15.8 Å². The van der Waals surface area contributed by atoms with Crippen LogP contribution in [0.25, 0.3) is 0 Å². The summed E-state index contributed by atoms with van der Waals surface area (Å²) in [5, 5.41) is 15.1. The van der Waals surface area contributed by atoms with E-state index in [1.54, 1.807) is 6.20 Å². The molecule has 5 nitrogen and oxygen atoms in total. The maximum Gasteiger partial charge on any atom is 0.152 e. The molecule has 0 saturated heterocycles. The molecule has 12 heavy (non-hydrogen) atoms. The Balaban J connectivity index is 2.85. The highest BCUT2D eigenvalue weighted by Gasteiger charge is 1.99. The number of amidine groups is 1. The highest BCUT2D eigenvalue weighted by Crippen LogP contribution is 2.12. The Labute approximate surface area is 70.5 Å². The molecule has 0 bridgehead atoms. The molecule has 66 valence electrons. The lowest BCUT2D eigenvalue weighted by molar-refractivity contribution is 0.232. The van der Waals surface area contributed by atoms with Crippen LogP contribution in [0.2, 0.25) is 0 Å². The molecule has 0 atom stereocenters. The molecular formula is C7H12N4O. The SMILES string of the molecule is CCC(=Nc1[nH]ncc1C)NO. The van der Waals surface area contributed by atoms with Gasteiger partial charge in [0.05, 0.1) is 6.20 Å². The summed E-state index contributed by atoms with van der Waals surface area (Å²) in [6.07, 6.45) is 2.33. The van der Waals surface area contributed by atoms with Crippen LogP contribution in [0, 0.1) is 6.92 Å². The first-order valence-electron chi connectivity index (χ1n) is 3.75. The van der Waals surface area contributed by atoms with Gasteiger partial charge in [0.15, 0.2) is 5.82 Å². The first kappa shape index (κ1) is 8.73. The number of aromatic nitrogens is 2. The van der Waals surface area contributed by atoms with Gasteiger partial charge < -0.3 is 0 Å². The predicted octanol–water partition coefficient (Wildman–Crippen LogP) is 1.14. The topological polar surface area (TPSA) is 73.3 Å². The molecule has 0 aromatic carbocycles. The van der Waals surface area contributed by atoms with Crippen LogP contribution in [-0.4, -0.2) is 21.2 Å². The zero-order chi connectivity index (χ0) is 8.97. The lowest BCUT2D eigenvalue weighted by atomic mass is 10.4. The van der Waals surface area contributed by atoms with Gasteiger partial charge >= 0.3 is 0 Å². The van der Waals surface area contributed by atoms with Crippen molar-refractivity contribution in [3.63, 3.8) is 0 Å². The van der Waals surface area contributed by atoms with E-state index in [0.717, 1.165) is 5.56 Å². The molecule has 1 heterocycles. The molecule has 1 rings (SSSR count). The lowest BCUT2D eigenvalue weighted by Crippen LogP contribution is -2.17. The number of aromatic amines is 1. The number of nitrogens with zero attached hydrogens (tertiary/aromatic N) is 2. The van der Waals surface area contributed by atoms with Gasteiger partial charge in [0.25, 0.3) is 0 Å². The summed E-state index contributed by atoms with van der Waals surface area (Å²) >= 11 is 0. The number of aliphatic imine (C=N–C) groups is 1. The molecule has 1 aromatic rings. The van der Waals surface area contributed by atoms with E-state index >= 15 is 0 Å². The molecule has 5 heteroatoms. The Bertz CT molecular complexity index is 273. The Morgan fingerprint density at radius 3 is 3.00 bits per heavy atom. The molecule has 0 aliphatic rings. The second kappa shape index (κ2) is 3.87. The minimum Gasteiger partial charge on any atom is -0.290 e. The highest BCUT2D eigenvalue weighted by atomic mass is 16.5. The molecule has 0 aliphatic carbocycles. The van der Waals surface area contributed by atoms with Crippen molar-refractivity contribution in [2.75, 3.05) is 0 Å². The maximum absolute atomic E-state index is 8.60.